The molecule has 5 nitrogen and oxygen atoms in total. The van der Waals surface area contributed by atoms with Crippen LogP contribution in [0.15, 0.2) is 35.5 Å². The molecule has 0 saturated carbocycles. The van der Waals surface area contributed by atoms with Gasteiger partial charge in [-0.3, -0.25) is 4.79 Å². The number of hydrogen-bond donors (Lipinski definition) is 1. The second-order valence-corrected chi connectivity index (χ2v) is 6.60. The van der Waals surface area contributed by atoms with E-state index in [1.54, 1.807) is 6.21 Å². The Hall–Kier alpha value is -2.65. The Morgan fingerprint density at radius 3 is 2.92 bits per heavy atom. The van der Waals surface area contributed by atoms with Gasteiger partial charge in [-0.25, -0.2) is 0 Å². The van der Waals surface area contributed by atoms with Gasteiger partial charge in [0.2, 0.25) is 0 Å². The molecule has 1 aromatic heterocycles. The summed E-state index contributed by atoms with van der Waals surface area (Å²) < 4.78 is 0. The minimum absolute atomic E-state index is 0.184. The van der Waals surface area contributed by atoms with E-state index in [9.17, 15) is 10.1 Å². The summed E-state index contributed by atoms with van der Waals surface area (Å²) in [6, 6.07) is 11.7. The number of carbonyl (C=O) groups excluding carboxylic acids is 1. The SMILES string of the molecule is N#Cc1c(NC(=O)CON=Cc2ccccc2)sc2c1CCCC2. The Morgan fingerprint density at radius 2 is 2.12 bits per heavy atom. The first-order valence-electron chi connectivity index (χ1n) is 7.83. The van der Waals surface area contributed by atoms with Crippen LogP contribution in [0.1, 0.15) is 34.4 Å². The fourth-order valence-electron chi connectivity index (χ4n) is 2.67. The van der Waals surface area contributed by atoms with Crippen molar-refractivity contribution in [2.24, 2.45) is 5.16 Å². The van der Waals surface area contributed by atoms with Gasteiger partial charge in [-0.15, -0.1) is 11.3 Å². The Kier molecular flexibility index (Phi) is 5.24. The second-order valence-electron chi connectivity index (χ2n) is 5.49. The summed E-state index contributed by atoms with van der Waals surface area (Å²) in [6.07, 6.45) is 5.70. The summed E-state index contributed by atoms with van der Waals surface area (Å²) in [5.41, 5.74) is 2.61. The molecule has 1 aliphatic rings. The fraction of sp³-hybridized carbons (Fsp3) is 0.278. The van der Waals surface area contributed by atoms with Gasteiger partial charge in [0, 0.05) is 4.88 Å². The van der Waals surface area contributed by atoms with Crippen molar-refractivity contribution < 1.29 is 9.63 Å². The number of oxime groups is 1. The van der Waals surface area contributed by atoms with E-state index in [0.29, 0.717) is 10.6 Å². The van der Waals surface area contributed by atoms with E-state index in [4.69, 9.17) is 4.84 Å². The lowest BCUT2D eigenvalue weighted by Crippen LogP contribution is -2.17. The van der Waals surface area contributed by atoms with E-state index in [2.05, 4.69) is 16.5 Å². The molecular formula is C18H17N3O2S. The number of rotatable bonds is 5. The van der Waals surface area contributed by atoms with E-state index >= 15 is 0 Å². The topological polar surface area (TPSA) is 74.5 Å². The Bertz CT molecular complexity index is 791. The zero-order valence-corrected chi connectivity index (χ0v) is 13.9. The molecule has 122 valence electrons. The standard InChI is InChI=1S/C18H17N3O2S/c19-10-15-14-8-4-5-9-16(14)24-18(15)21-17(22)12-23-20-11-13-6-2-1-3-7-13/h1-3,6-7,11H,4-5,8-9,12H2,(H,21,22). The van der Waals surface area contributed by atoms with Crippen LogP contribution in [0, 0.1) is 11.3 Å². The number of aryl methyl sites for hydroxylation is 1. The van der Waals surface area contributed by atoms with Crippen LogP contribution in [0.2, 0.25) is 0 Å². The smallest absolute Gasteiger partial charge is 0.265 e. The van der Waals surface area contributed by atoms with Gasteiger partial charge in [0.25, 0.3) is 5.91 Å². The number of benzene rings is 1. The number of fused-ring (bicyclic) bond motifs is 1. The summed E-state index contributed by atoms with van der Waals surface area (Å²) in [5.74, 6) is -0.310. The van der Waals surface area contributed by atoms with Crippen LogP contribution in [-0.2, 0) is 22.5 Å². The predicted octanol–water partition coefficient (Wildman–Crippen LogP) is 3.49. The quantitative estimate of drug-likeness (QED) is 0.669. The monoisotopic (exact) mass is 339 g/mol. The first-order chi connectivity index (χ1) is 11.8. The molecule has 24 heavy (non-hydrogen) atoms. The minimum Gasteiger partial charge on any atom is -0.386 e. The van der Waals surface area contributed by atoms with Crippen molar-refractivity contribution in [1.82, 2.24) is 0 Å². The molecule has 0 fully saturated rings. The molecule has 0 saturated heterocycles. The molecule has 0 aliphatic heterocycles. The van der Waals surface area contributed by atoms with Crippen molar-refractivity contribution >= 4 is 28.5 Å². The van der Waals surface area contributed by atoms with Crippen molar-refractivity contribution in [2.45, 2.75) is 25.7 Å². The number of nitrogens with one attached hydrogen (secondary N) is 1. The van der Waals surface area contributed by atoms with Crippen molar-refractivity contribution in [3.63, 3.8) is 0 Å². The third kappa shape index (κ3) is 3.81. The van der Waals surface area contributed by atoms with Gasteiger partial charge >= 0.3 is 0 Å². The average Bonchev–Trinajstić information content (AvgIpc) is 2.96. The van der Waals surface area contributed by atoms with Crippen LogP contribution in [0.5, 0.6) is 0 Å². The molecule has 6 heteroatoms. The average molecular weight is 339 g/mol. The minimum atomic E-state index is -0.310. The molecule has 0 unspecified atom stereocenters. The second kappa shape index (κ2) is 7.75. The molecule has 0 radical (unpaired) electrons. The highest BCUT2D eigenvalue weighted by atomic mass is 32.1. The van der Waals surface area contributed by atoms with Crippen LogP contribution in [0.25, 0.3) is 0 Å². The predicted molar refractivity (Wildman–Crippen MR) is 94.3 cm³/mol. The zero-order valence-electron chi connectivity index (χ0n) is 13.1. The van der Waals surface area contributed by atoms with Gasteiger partial charge in [0.05, 0.1) is 11.8 Å². The summed E-state index contributed by atoms with van der Waals surface area (Å²) in [7, 11) is 0. The molecule has 1 amide bonds. The highest BCUT2D eigenvalue weighted by molar-refractivity contribution is 7.16. The summed E-state index contributed by atoms with van der Waals surface area (Å²) in [5, 5.41) is 16.6. The lowest BCUT2D eigenvalue weighted by atomic mass is 9.96. The summed E-state index contributed by atoms with van der Waals surface area (Å²) >= 11 is 1.50. The molecule has 1 aliphatic carbocycles. The first-order valence-corrected chi connectivity index (χ1v) is 8.64. The number of nitriles is 1. The summed E-state index contributed by atoms with van der Waals surface area (Å²) in [6.45, 7) is -0.184. The number of nitrogens with zero attached hydrogens (tertiary/aromatic N) is 2. The fourth-order valence-corrected chi connectivity index (χ4v) is 3.92. The molecule has 2 aromatic rings. The Labute approximate surface area is 144 Å². The van der Waals surface area contributed by atoms with Gasteiger partial charge in [-0.1, -0.05) is 35.5 Å². The molecule has 0 bridgehead atoms. The van der Waals surface area contributed by atoms with E-state index < -0.39 is 0 Å². The summed E-state index contributed by atoms with van der Waals surface area (Å²) in [4.78, 5) is 18.2. The molecule has 0 atom stereocenters. The van der Waals surface area contributed by atoms with E-state index in [0.717, 1.165) is 36.8 Å². The van der Waals surface area contributed by atoms with Gasteiger partial charge in [-0.2, -0.15) is 5.26 Å². The van der Waals surface area contributed by atoms with Crippen molar-refractivity contribution in [2.75, 3.05) is 11.9 Å². The third-order valence-electron chi connectivity index (χ3n) is 3.81. The van der Waals surface area contributed by atoms with Gasteiger partial charge in [0.1, 0.15) is 11.1 Å². The maximum atomic E-state index is 12.0. The van der Waals surface area contributed by atoms with Gasteiger partial charge in [0.15, 0.2) is 6.61 Å². The molecule has 3 rings (SSSR count). The number of thiophene rings is 1. The van der Waals surface area contributed by atoms with Crippen LogP contribution >= 0.6 is 11.3 Å². The maximum absolute atomic E-state index is 12.0. The van der Waals surface area contributed by atoms with Crippen LogP contribution in [0.4, 0.5) is 5.00 Å². The first kappa shape index (κ1) is 16.2. The number of amides is 1. The highest BCUT2D eigenvalue weighted by Gasteiger charge is 2.21. The van der Waals surface area contributed by atoms with Crippen LogP contribution in [-0.4, -0.2) is 18.7 Å². The number of hydrogen-bond acceptors (Lipinski definition) is 5. The lowest BCUT2D eigenvalue weighted by molar-refractivity contribution is -0.120. The zero-order chi connectivity index (χ0) is 16.8. The van der Waals surface area contributed by atoms with Crippen molar-refractivity contribution in [1.29, 1.82) is 5.26 Å². The van der Waals surface area contributed by atoms with Gasteiger partial charge < -0.3 is 10.2 Å². The molecule has 1 N–H and O–H groups in total. The van der Waals surface area contributed by atoms with E-state index in [1.807, 2.05) is 30.3 Å². The maximum Gasteiger partial charge on any atom is 0.265 e. The Morgan fingerprint density at radius 1 is 1.33 bits per heavy atom. The third-order valence-corrected chi connectivity index (χ3v) is 5.01. The largest absolute Gasteiger partial charge is 0.386 e. The van der Waals surface area contributed by atoms with E-state index in [1.165, 1.54) is 16.2 Å². The molecular weight excluding hydrogens is 322 g/mol. The highest BCUT2D eigenvalue weighted by Crippen LogP contribution is 2.37. The van der Waals surface area contributed by atoms with Crippen molar-refractivity contribution in [3.8, 4) is 6.07 Å². The van der Waals surface area contributed by atoms with Crippen LogP contribution in [0.3, 0.4) is 0 Å². The van der Waals surface area contributed by atoms with Gasteiger partial charge in [-0.05, 0) is 36.8 Å². The Balaban J connectivity index is 1.57. The van der Waals surface area contributed by atoms with Crippen molar-refractivity contribution in [3.05, 3.63) is 51.9 Å². The molecule has 1 aromatic carbocycles. The number of carbonyl (C=O) groups is 1. The molecule has 1 heterocycles. The number of anilines is 1. The van der Waals surface area contributed by atoms with E-state index in [-0.39, 0.29) is 12.5 Å². The lowest BCUT2D eigenvalue weighted by Gasteiger charge is -2.09. The van der Waals surface area contributed by atoms with Crippen LogP contribution < -0.4 is 5.32 Å². The normalized spacial score (nSPS) is 13.3. The molecule has 0 spiro atoms.